The summed E-state index contributed by atoms with van der Waals surface area (Å²) in [6.45, 7) is 4.83. The summed E-state index contributed by atoms with van der Waals surface area (Å²) in [7, 11) is 0. The summed E-state index contributed by atoms with van der Waals surface area (Å²) in [5.41, 5.74) is 5.65. The van der Waals surface area contributed by atoms with E-state index in [1.165, 1.54) is 0 Å². The second-order valence-corrected chi connectivity index (χ2v) is 5.47. The van der Waals surface area contributed by atoms with E-state index >= 15 is 0 Å². The minimum Gasteiger partial charge on any atom is -0.385 e. The molecule has 0 aromatic carbocycles. The van der Waals surface area contributed by atoms with Crippen LogP contribution in [-0.4, -0.2) is 52.9 Å². The van der Waals surface area contributed by atoms with E-state index in [0.29, 0.717) is 11.8 Å². The molecule has 0 aromatic rings. The second kappa shape index (κ2) is 3.72. The first-order chi connectivity index (χ1) is 8.59. The maximum atomic E-state index is 12.1. The third-order valence-electron chi connectivity index (χ3n) is 4.65. The van der Waals surface area contributed by atoms with Gasteiger partial charge in [0.25, 0.3) is 0 Å². The van der Waals surface area contributed by atoms with Crippen molar-refractivity contribution < 1.29 is 4.79 Å². The van der Waals surface area contributed by atoms with Gasteiger partial charge in [-0.3, -0.25) is 4.90 Å². The van der Waals surface area contributed by atoms with Crippen LogP contribution >= 0.6 is 0 Å². The normalized spacial score (nSPS) is 39.9. The minimum absolute atomic E-state index is 0.261. The predicted octanol–water partition coefficient (Wildman–Crippen LogP) is 0.265. The molecular formula is C13H18N4O. The molecule has 3 fully saturated rings. The number of hydrogen-bond acceptors (Lipinski definition) is 3. The van der Waals surface area contributed by atoms with E-state index in [0.717, 1.165) is 32.5 Å². The maximum Gasteiger partial charge on any atom is 0.347 e. The number of nitrogens with two attached hydrogens (primary N) is 1. The topological polar surface area (TPSA) is 61.9 Å². The summed E-state index contributed by atoms with van der Waals surface area (Å²) in [5, 5.41) is 0. The molecule has 96 valence electrons. The van der Waals surface area contributed by atoms with Gasteiger partial charge >= 0.3 is 6.03 Å². The van der Waals surface area contributed by atoms with Crippen molar-refractivity contribution in [3.8, 4) is 12.3 Å². The quantitative estimate of drug-likeness (QED) is 0.675. The number of fused-ring (bicyclic) bond motifs is 2. The zero-order valence-electron chi connectivity index (χ0n) is 10.6. The number of piperidine rings is 3. The van der Waals surface area contributed by atoms with Crippen molar-refractivity contribution in [3.63, 3.8) is 0 Å². The fourth-order valence-electron chi connectivity index (χ4n) is 3.74. The lowest BCUT2D eigenvalue weighted by Gasteiger charge is -2.55. The lowest BCUT2D eigenvalue weighted by atomic mass is 9.71. The molecule has 18 heavy (non-hydrogen) atoms. The average molecular weight is 246 g/mol. The predicted molar refractivity (Wildman–Crippen MR) is 69.0 cm³/mol. The highest BCUT2D eigenvalue weighted by Crippen LogP contribution is 2.43. The van der Waals surface area contributed by atoms with Crippen LogP contribution in [0, 0.1) is 18.3 Å². The van der Waals surface area contributed by atoms with Crippen LogP contribution in [0.3, 0.4) is 0 Å². The summed E-state index contributed by atoms with van der Waals surface area (Å²) in [6.07, 6.45) is 7.63. The van der Waals surface area contributed by atoms with Crippen molar-refractivity contribution >= 4 is 11.9 Å². The maximum absolute atomic E-state index is 12.1. The molecular weight excluding hydrogens is 228 g/mol. The van der Waals surface area contributed by atoms with Crippen LogP contribution in [0.4, 0.5) is 4.79 Å². The van der Waals surface area contributed by atoms with Crippen molar-refractivity contribution in [1.29, 1.82) is 0 Å². The van der Waals surface area contributed by atoms with Crippen molar-refractivity contribution in [2.45, 2.75) is 31.3 Å². The molecule has 5 heteroatoms. The van der Waals surface area contributed by atoms with Gasteiger partial charge in [-0.05, 0) is 38.8 Å². The Kier molecular flexibility index (Phi) is 2.39. The molecule has 4 aliphatic heterocycles. The summed E-state index contributed by atoms with van der Waals surface area (Å²) < 4.78 is 0. The monoisotopic (exact) mass is 246 g/mol. The SMILES string of the molecule is C#CC(C)N1C(=O)N=C(N)C12CN1CCC2CC1. The molecule has 4 aliphatic rings. The Labute approximate surface area is 107 Å². The molecule has 4 heterocycles. The Bertz CT molecular complexity index is 458. The number of amidine groups is 1. The second-order valence-electron chi connectivity index (χ2n) is 5.47. The molecule has 2 N–H and O–H groups in total. The molecule has 0 aliphatic carbocycles. The molecule has 0 radical (unpaired) electrons. The van der Waals surface area contributed by atoms with Crippen molar-refractivity contribution in [1.82, 2.24) is 9.80 Å². The number of terminal acetylenes is 1. The first kappa shape index (κ1) is 11.5. The molecule has 0 aromatic heterocycles. The molecule has 2 bridgehead atoms. The van der Waals surface area contributed by atoms with Crippen LogP contribution < -0.4 is 5.73 Å². The van der Waals surface area contributed by atoms with Gasteiger partial charge in [0.2, 0.25) is 0 Å². The number of rotatable bonds is 1. The van der Waals surface area contributed by atoms with Crippen molar-refractivity contribution in [2.24, 2.45) is 16.6 Å². The van der Waals surface area contributed by atoms with Gasteiger partial charge in [-0.1, -0.05) is 5.92 Å². The third-order valence-corrected chi connectivity index (χ3v) is 4.65. The minimum atomic E-state index is -0.445. The Balaban J connectivity index is 2.05. The largest absolute Gasteiger partial charge is 0.385 e. The number of urea groups is 1. The Hall–Kier alpha value is -1.54. The van der Waals surface area contributed by atoms with Gasteiger partial charge < -0.3 is 10.6 Å². The van der Waals surface area contributed by atoms with E-state index in [-0.39, 0.29) is 12.1 Å². The molecule has 3 saturated heterocycles. The zero-order chi connectivity index (χ0) is 12.9. The van der Waals surface area contributed by atoms with Crippen LogP contribution in [0.25, 0.3) is 0 Å². The zero-order valence-corrected chi connectivity index (χ0v) is 10.6. The van der Waals surface area contributed by atoms with Crippen LogP contribution in [0.5, 0.6) is 0 Å². The van der Waals surface area contributed by atoms with E-state index in [2.05, 4.69) is 15.8 Å². The Morgan fingerprint density at radius 3 is 2.72 bits per heavy atom. The first-order valence-corrected chi connectivity index (χ1v) is 6.46. The molecule has 2 amide bonds. The third kappa shape index (κ3) is 1.27. The fraction of sp³-hybridized carbons (Fsp3) is 0.692. The highest BCUT2D eigenvalue weighted by atomic mass is 16.2. The van der Waals surface area contributed by atoms with E-state index in [9.17, 15) is 4.79 Å². The molecule has 4 rings (SSSR count). The number of amides is 2. The van der Waals surface area contributed by atoms with Crippen LogP contribution in [-0.2, 0) is 0 Å². The standard InChI is InChI=1S/C13H18N4O/c1-3-9(2)17-12(18)15-11(14)13(17)8-16-6-4-10(13)5-7-16/h1,9-10H,4-8H2,2H3,(H2,14,15,18). The summed E-state index contributed by atoms with van der Waals surface area (Å²) in [6, 6.07) is -0.533. The molecule has 1 spiro atoms. The van der Waals surface area contributed by atoms with Gasteiger partial charge in [-0.15, -0.1) is 6.42 Å². The number of nitrogens with zero attached hydrogens (tertiary/aromatic N) is 3. The summed E-state index contributed by atoms with van der Waals surface area (Å²) in [5.74, 6) is 3.51. The first-order valence-electron chi connectivity index (χ1n) is 6.46. The van der Waals surface area contributed by atoms with Crippen LogP contribution in [0.15, 0.2) is 4.99 Å². The van der Waals surface area contributed by atoms with Gasteiger partial charge in [0.15, 0.2) is 0 Å². The fourth-order valence-corrected chi connectivity index (χ4v) is 3.74. The van der Waals surface area contributed by atoms with E-state index in [1.54, 1.807) is 4.90 Å². The van der Waals surface area contributed by atoms with Gasteiger partial charge in [0.1, 0.15) is 11.4 Å². The van der Waals surface area contributed by atoms with Gasteiger partial charge in [-0.2, -0.15) is 4.99 Å². The van der Waals surface area contributed by atoms with E-state index in [1.807, 2.05) is 6.92 Å². The lowest BCUT2D eigenvalue weighted by Crippen LogP contribution is -2.71. The van der Waals surface area contributed by atoms with Gasteiger partial charge in [0.05, 0.1) is 6.04 Å². The summed E-state index contributed by atoms with van der Waals surface area (Å²) in [4.78, 5) is 20.2. The molecule has 2 atom stereocenters. The van der Waals surface area contributed by atoms with E-state index < -0.39 is 5.54 Å². The number of hydrogen-bond donors (Lipinski definition) is 1. The Morgan fingerprint density at radius 1 is 1.56 bits per heavy atom. The smallest absolute Gasteiger partial charge is 0.347 e. The Morgan fingerprint density at radius 2 is 2.22 bits per heavy atom. The lowest BCUT2D eigenvalue weighted by molar-refractivity contribution is -0.0107. The van der Waals surface area contributed by atoms with Gasteiger partial charge in [-0.25, -0.2) is 4.79 Å². The highest BCUT2D eigenvalue weighted by molar-refractivity contribution is 6.06. The summed E-state index contributed by atoms with van der Waals surface area (Å²) >= 11 is 0. The average Bonchev–Trinajstić information content (AvgIpc) is 2.62. The molecule has 5 nitrogen and oxygen atoms in total. The highest BCUT2D eigenvalue weighted by Gasteiger charge is 2.58. The number of aliphatic imine (C=N–C) groups is 1. The van der Waals surface area contributed by atoms with E-state index in [4.69, 9.17) is 12.2 Å². The molecule has 2 unspecified atom stereocenters. The van der Waals surface area contributed by atoms with Crippen molar-refractivity contribution in [2.75, 3.05) is 19.6 Å². The van der Waals surface area contributed by atoms with Gasteiger partial charge in [0, 0.05) is 6.54 Å². The number of carbonyl (C=O) groups is 1. The van der Waals surface area contributed by atoms with Crippen molar-refractivity contribution in [3.05, 3.63) is 0 Å². The molecule has 0 saturated carbocycles. The number of carbonyl (C=O) groups excluding carboxylic acids is 1. The van der Waals surface area contributed by atoms with Crippen LogP contribution in [0.2, 0.25) is 0 Å². The van der Waals surface area contributed by atoms with Crippen LogP contribution in [0.1, 0.15) is 19.8 Å².